The van der Waals surface area contributed by atoms with E-state index in [2.05, 4.69) is 15.6 Å². The fraction of sp³-hybridized carbons (Fsp3) is 0.419. The van der Waals surface area contributed by atoms with Crippen molar-refractivity contribution in [2.24, 2.45) is 0 Å². The van der Waals surface area contributed by atoms with Crippen molar-refractivity contribution in [3.63, 3.8) is 0 Å². The predicted molar refractivity (Wildman–Crippen MR) is 158 cm³/mol. The number of carbonyl (C=O) groups excluding carboxylic acids is 3. The number of nitrogens with one attached hydrogen (secondary N) is 2. The number of likely N-dealkylation sites (tertiary alicyclic amines) is 1. The van der Waals surface area contributed by atoms with Gasteiger partial charge in [0.05, 0.1) is 23.9 Å². The highest BCUT2D eigenvalue weighted by molar-refractivity contribution is 7.09. The van der Waals surface area contributed by atoms with Gasteiger partial charge in [-0.1, -0.05) is 6.07 Å². The average Bonchev–Trinajstić information content (AvgIpc) is 3.41. The van der Waals surface area contributed by atoms with Crippen LogP contribution in [-0.4, -0.2) is 66.6 Å². The molecule has 1 fully saturated rings. The molecular formula is C31H35FN4O6S. The molecule has 12 heteroatoms. The first-order valence-electron chi connectivity index (χ1n) is 14.3. The second-order valence-electron chi connectivity index (χ2n) is 10.7. The van der Waals surface area contributed by atoms with Gasteiger partial charge in [-0.3, -0.25) is 14.4 Å². The number of halogens is 1. The van der Waals surface area contributed by atoms with Crippen molar-refractivity contribution in [1.82, 2.24) is 20.5 Å². The third kappa shape index (κ3) is 8.22. The zero-order chi connectivity index (χ0) is 30.3. The van der Waals surface area contributed by atoms with Crippen molar-refractivity contribution < 1.29 is 33.0 Å². The lowest BCUT2D eigenvalue weighted by molar-refractivity contribution is -0.135. The summed E-state index contributed by atoms with van der Waals surface area (Å²) in [4.78, 5) is 45.0. The highest BCUT2D eigenvalue weighted by Crippen LogP contribution is 2.29. The molecule has 2 aromatic carbocycles. The molecule has 2 atom stereocenters. The fourth-order valence-corrected chi connectivity index (χ4v) is 5.89. The van der Waals surface area contributed by atoms with E-state index in [9.17, 15) is 18.8 Å². The summed E-state index contributed by atoms with van der Waals surface area (Å²) < 4.78 is 32.0. The number of nitrogens with zero attached hydrogens (tertiary/aromatic N) is 2. The number of hydrogen-bond donors (Lipinski definition) is 2. The van der Waals surface area contributed by atoms with E-state index in [1.165, 1.54) is 19.2 Å². The van der Waals surface area contributed by atoms with Gasteiger partial charge in [0.2, 0.25) is 11.8 Å². The predicted octanol–water partition coefficient (Wildman–Crippen LogP) is 3.34. The number of thiazole rings is 1. The SMILES string of the molecule is COc1ccc2cc1OCC(=O)N[C@@H]1CN(C(=O)CCc3csc(C)n3)CC[C@H]1Oc1cc(F)cc(c1)CNC(=O)CC2. The van der Waals surface area contributed by atoms with Gasteiger partial charge in [-0.2, -0.15) is 0 Å². The molecule has 0 spiro atoms. The summed E-state index contributed by atoms with van der Waals surface area (Å²) in [7, 11) is 1.51. The molecule has 0 aliphatic carbocycles. The highest BCUT2D eigenvalue weighted by Gasteiger charge is 2.34. The standard InChI is InChI=1S/C31H35FN4O6S/c1-19-34-23(18-43-19)5-8-31(39)36-10-9-26-25(16-36)35-30(38)17-41-28-13-20(3-6-27(28)40-2)4-7-29(37)33-15-21-11-22(32)14-24(12-21)42-26/h3,6,11-14,18,25-26H,4-5,7-10,15-17H2,1-2H3,(H,33,37)(H,35,38)/t25-,26-/m1/s1. The number of fused-ring (bicyclic) bond motifs is 5. The lowest BCUT2D eigenvalue weighted by Crippen LogP contribution is -2.58. The summed E-state index contributed by atoms with van der Waals surface area (Å²) in [6.07, 6.45) is 1.38. The molecule has 0 radical (unpaired) electrons. The Morgan fingerprint density at radius 3 is 2.81 bits per heavy atom. The first kappa shape index (κ1) is 30.3. The van der Waals surface area contributed by atoms with Crippen molar-refractivity contribution in [2.45, 2.75) is 57.7 Å². The van der Waals surface area contributed by atoms with Crippen molar-refractivity contribution in [1.29, 1.82) is 0 Å². The summed E-state index contributed by atoms with van der Waals surface area (Å²) in [5.74, 6) is -0.00905. The molecule has 1 aromatic heterocycles. The molecular weight excluding hydrogens is 575 g/mol. The van der Waals surface area contributed by atoms with Crippen molar-refractivity contribution in [3.05, 3.63) is 69.4 Å². The van der Waals surface area contributed by atoms with E-state index in [1.807, 2.05) is 18.4 Å². The molecule has 43 heavy (non-hydrogen) atoms. The zero-order valence-electron chi connectivity index (χ0n) is 24.2. The van der Waals surface area contributed by atoms with Crippen LogP contribution in [0.25, 0.3) is 0 Å². The third-order valence-electron chi connectivity index (χ3n) is 7.45. The number of carbonyl (C=O) groups is 3. The Balaban J connectivity index is 1.36. The second-order valence-corrected chi connectivity index (χ2v) is 11.7. The van der Waals surface area contributed by atoms with E-state index < -0.39 is 23.9 Å². The Morgan fingerprint density at radius 1 is 1.16 bits per heavy atom. The number of aromatic nitrogens is 1. The molecule has 0 saturated carbocycles. The molecule has 2 aliphatic rings. The molecule has 3 heterocycles. The minimum absolute atomic E-state index is 0.0422. The summed E-state index contributed by atoms with van der Waals surface area (Å²) in [5.41, 5.74) is 2.27. The zero-order valence-corrected chi connectivity index (χ0v) is 25.0. The molecule has 0 unspecified atom stereocenters. The lowest BCUT2D eigenvalue weighted by Gasteiger charge is -2.39. The Kier molecular flexibility index (Phi) is 9.75. The first-order valence-corrected chi connectivity index (χ1v) is 15.1. The second kappa shape index (κ2) is 13.9. The van der Waals surface area contributed by atoms with E-state index in [1.54, 1.807) is 34.4 Å². The number of hydrogen-bond acceptors (Lipinski definition) is 8. The van der Waals surface area contributed by atoms with Gasteiger partial charge < -0.3 is 29.7 Å². The number of benzene rings is 2. The van der Waals surface area contributed by atoms with Gasteiger partial charge in [-0.25, -0.2) is 9.37 Å². The van der Waals surface area contributed by atoms with Crippen LogP contribution in [0.3, 0.4) is 0 Å². The molecule has 5 rings (SSSR count). The number of rotatable bonds is 4. The monoisotopic (exact) mass is 610 g/mol. The summed E-state index contributed by atoms with van der Waals surface area (Å²) in [6, 6.07) is 9.04. The fourth-order valence-electron chi connectivity index (χ4n) is 5.25. The summed E-state index contributed by atoms with van der Waals surface area (Å²) in [6.45, 7) is 2.41. The van der Waals surface area contributed by atoms with Crippen LogP contribution in [-0.2, 0) is 33.8 Å². The van der Waals surface area contributed by atoms with Crippen molar-refractivity contribution in [2.75, 3.05) is 26.8 Å². The van der Waals surface area contributed by atoms with Gasteiger partial charge in [0, 0.05) is 50.3 Å². The number of aryl methyl sites for hydroxylation is 3. The van der Waals surface area contributed by atoms with Gasteiger partial charge in [-0.05, 0) is 55.2 Å². The number of piperidine rings is 1. The van der Waals surface area contributed by atoms with Crippen LogP contribution in [0.1, 0.15) is 41.1 Å². The van der Waals surface area contributed by atoms with Crippen LogP contribution in [0.2, 0.25) is 0 Å². The number of ether oxygens (including phenoxy) is 3. The molecule has 3 amide bonds. The summed E-state index contributed by atoms with van der Waals surface area (Å²) in [5, 5.41) is 8.72. The molecule has 2 aliphatic heterocycles. The van der Waals surface area contributed by atoms with Crippen LogP contribution in [0.5, 0.6) is 17.2 Å². The lowest BCUT2D eigenvalue weighted by atomic mass is 10.0. The van der Waals surface area contributed by atoms with Crippen LogP contribution in [0.15, 0.2) is 41.8 Å². The molecule has 3 aromatic rings. The molecule has 2 N–H and O–H groups in total. The van der Waals surface area contributed by atoms with Gasteiger partial charge in [0.25, 0.3) is 5.91 Å². The Labute approximate surface area is 253 Å². The number of amides is 3. The average molecular weight is 611 g/mol. The van der Waals surface area contributed by atoms with E-state index >= 15 is 0 Å². The Morgan fingerprint density at radius 2 is 2.02 bits per heavy atom. The molecule has 1 saturated heterocycles. The van der Waals surface area contributed by atoms with Gasteiger partial charge in [0.15, 0.2) is 18.1 Å². The maximum atomic E-state index is 14.6. The molecule has 10 nitrogen and oxygen atoms in total. The maximum Gasteiger partial charge on any atom is 0.258 e. The van der Waals surface area contributed by atoms with Crippen LogP contribution >= 0.6 is 11.3 Å². The Hall–Kier alpha value is -4.19. The minimum atomic E-state index is -0.575. The highest BCUT2D eigenvalue weighted by atomic mass is 32.1. The normalized spacial score (nSPS) is 19.5. The van der Waals surface area contributed by atoms with E-state index in [0.29, 0.717) is 49.3 Å². The smallest absolute Gasteiger partial charge is 0.258 e. The maximum absolute atomic E-state index is 14.6. The largest absolute Gasteiger partial charge is 0.493 e. The molecule has 228 valence electrons. The van der Waals surface area contributed by atoms with Gasteiger partial charge >= 0.3 is 0 Å². The summed E-state index contributed by atoms with van der Waals surface area (Å²) >= 11 is 1.55. The van der Waals surface area contributed by atoms with E-state index in [-0.39, 0.29) is 43.7 Å². The van der Waals surface area contributed by atoms with Crippen molar-refractivity contribution >= 4 is 29.1 Å². The Bertz CT molecular complexity index is 1480. The van der Waals surface area contributed by atoms with E-state index in [0.717, 1.165) is 16.3 Å². The van der Waals surface area contributed by atoms with E-state index in [4.69, 9.17) is 14.2 Å². The number of methoxy groups -OCH3 is 1. The third-order valence-corrected chi connectivity index (χ3v) is 8.27. The van der Waals surface area contributed by atoms with Gasteiger partial charge in [0.1, 0.15) is 17.7 Å². The topological polar surface area (TPSA) is 119 Å². The van der Waals surface area contributed by atoms with Crippen LogP contribution in [0, 0.1) is 12.7 Å². The van der Waals surface area contributed by atoms with Crippen molar-refractivity contribution in [3.8, 4) is 17.2 Å². The van der Waals surface area contributed by atoms with Crippen LogP contribution in [0.4, 0.5) is 4.39 Å². The minimum Gasteiger partial charge on any atom is -0.493 e. The first-order chi connectivity index (χ1) is 20.7. The van der Waals surface area contributed by atoms with Gasteiger partial charge in [-0.15, -0.1) is 11.3 Å². The quantitative estimate of drug-likeness (QED) is 0.465. The van der Waals surface area contributed by atoms with Crippen LogP contribution < -0.4 is 24.8 Å². The molecule has 4 bridgehead atoms.